The van der Waals surface area contributed by atoms with Gasteiger partial charge in [0, 0.05) is 22.9 Å². The predicted octanol–water partition coefficient (Wildman–Crippen LogP) is 4.07. The Balaban J connectivity index is 2.07. The lowest BCUT2D eigenvalue weighted by Gasteiger charge is -2.06. The minimum Gasteiger partial charge on any atom is -0.340 e. The molecular weight excluding hydrogens is 300 g/mol. The Kier molecular flexibility index (Phi) is 4.00. The molecular formula is C16H14N2OS2. The van der Waals surface area contributed by atoms with E-state index in [-0.39, 0.29) is 11.7 Å². The maximum Gasteiger partial charge on any atom is 0.220 e. The molecule has 3 heterocycles. The third-order valence-electron chi connectivity index (χ3n) is 3.56. The van der Waals surface area contributed by atoms with Crippen molar-refractivity contribution in [1.29, 1.82) is 5.26 Å². The van der Waals surface area contributed by atoms with Gasteiger partial charge < -0.3 is 4.57 Å². The number of nitriles is 1. The number of carbonyl (C=O) groups excluding carboxylic acids is 1. The van der Waals surface area contributed by atoms with E-state index in [4.69, 9.17) is 0 Å². The summed E-state index contributed by atoms with van der Waals surface area (Å²) in [5, 5.41) is 11.2. The Labute approximate surface area is 131 Å². The van der Waals surface area contributed by atoms with Gasteiger partial charge in [0.15, 0.2) is 0 Å². The quantitative estimate of drug-likeness (QED) is 0.475. The summed E-state index contributed by atoms with van der Waals surface area (Å²) in [5.41, 5.74) is 1.71. The first-order valence-corrected chi connectivity index (χ1v) is 8.57. The van der Waals surface area contributed by atoms with E-state index >= 15 is 0 Å². The average molecular weight is 314 g/mol. The summed E-state index contributed by atoms with van der Waals surface area (Å²) in [5.74, 6) is 0.713. The van der Waals surface area contributed by atoms with Crippen LogP contribution in [0.15, 0.2) is 41.1 Å². The largest absolute Gasteiger partial charge is 0.340 e. The number of rotatable bonds is 5. The van der Waals surface area contributed by atoms with E-state index in [1.54, 1.807) is 11.8 Å². The van der Waals surface area contributed by atoms with Gasteiger partial charge in [0.05, 0.1) is 16.9 Å². The smallest absolute Gasteiger partial charge is 0.220 e. The van der Waals surface area contributed by atoms with Crippen LogP contribution in [0.3, 0.4) is 0 Å². The van der Waals surface area contributed by atoms with E-state index in [1.165, 1.54) is 11.3 Å². The number of fused-ring (bicyclic) bond motifs is 1. The van der Waals surface area contributed by atoms with Crippen molar-refractivity contribution in [2.45, 2.75) is 23.8 Å². The van der Waals surface area contributed by atoms with Crippen LogP contribution >= 0.6 is 23.1 Å². The number of thiophene rings is 1. The number of carbonyl (C=O) groups is 1. The summed E-state index contributed by atoms with van der Waals surface area (Å²) in [7, 11) is 0. The van der Waals surface area contributed by atoms with E-state index in [9.17, 15) is 10.1 Å². The molecule has 3 nitrogen and oxygen atoms in total. The fourth-order valence-electron chi connectivity index (χ4n) is 2.63. The van der Waals surface area contributed by atoms with Crippen molar-refractivity contribution in [1.82, 2.24) is 4.57 Å². The van der Waals surface area contributed by atoms with Crippen LogP contribution in [0.5, 0.6) is 0 Å². The van der Waals surface area contributed by atoms with Crippen LogP contribution in [0.4, 0.5) is 0 Å². The van der Waals surface area contributed by atoms with Crippen LogP contribution in [0, 0.1) is 11.3 Å². The summed E-state index contributed by atoms with van der Waals surface area (Å²) >= 11 is 3.06. The summed E-state index contributed by atoms with van der Waals surface area (Å²) in [4.78, 5) is 14.5. The number of aromatic nitrogens is 1. The molecule has 5 heteroatoms. The lowest BCUT2D eigenvalue weighted by atomic mass is 10.1. The lowest BCUT2D eigenvalue weighted by Crippen LogP contribution is -2.09. The Morgan fingerprint density at radius 1 is 1.67 bits per heavy atom. The molecule has 3 rings (SSSR count). The minimum absolute atomic E-state index is 0.0569. The minimum atomic E-state index is -0.0991. The Morgan fingerprint density at radius 3 is 3.19 bits per heavy atom. The first kappa shape index (κ1) is 14.2. The highest BCUT2D eigenvalue weighted by atomic mass is 32.2. The summed E-state index contributed by atoms with van der Waals surface area (Å²) in [6, 6.07) is 8.08. The van der Waals surface area contributed by atoms with Gasteiger partial charge in [-0.2, -0.15) is 5.26 Å². The lowest BCUT2D eigenvalue weighted by molar-refractivity contribution is 0.103. The SMILES string of the molecule is C=CCSc1cc2n(c1C(=O)c1cccs1)CCC2C#N. The zero-order valence-corrected chi connectivity index (χ0v) is 13.0. The van der Waals surface area contributed by atoms with Crippen molar-refractivity contribution in [3.8, 4) is 6.07 Å². The number of nitrogens with zero attached hydrogens (tertiary/aromatic N) is 2. The number of thioether (sulfide) groups is 1. The zero-order valence-electron chi connectivity index (χ0n) is 11.4. The second kappa shape index (κ2) is 5.92. The van der Waals surface area contributed by atoms with Gasteiger partial charge in [0.1, 0.15) is 5.69 Å². The average Bonchev–Trinajstić information content (AvgIpc) is 3.19. The molecule has 0 spiro atoms. The predicted molar refractivity (Wildman–Crippen MR) is 86.1 cm³/mol. The molecule has 21 heavy (non-hydrogen) atoms. The molecule has 0 saturated carbocycles. The normalized spacial score (nSPS) is 16.4. The van der Waals surface area contributed by atoms with Crippen LogP contribution in [0.2, 0.25) is 0 Å². The molecule has 106 valence electrons. The summed E-state index contributed by atoms with van der Waals surface area (Å²) < 4.78 is 2.03. The molecule has 0 N–H and O–H groups in total. The molecule has 0 bridgehead atoms. The molecule has 0 amide bonds. The fraction of sp³-hybridized carbons (Fsp3) is 0.250. The molecule has 0 aliphatic carbocycles. The van der Waals surface area contributed by atoms with Crippen LogP contribution in [-0.4, -0.2) is 16.1 Å². The van der Waals surface area contributed by atoms with Crippen molar-refractivity contribution in [3.63, 3.8) is 0 Å². The maximum atomic E-state index is 12.8. The topological polar surface area (TPSA) is 45.8 Å². The van der Waals surface area contributed by atoms with Gasteiger partial charge in [0.25, 0.3) is 0 Å². The monoisotopic (exact) mass is 314 g/mol. The van der Waals surface area contributed by atoms with E-state index in [0.717, 1.165) is 39.9 Å². The zero-order chi connectivity index (χ0) is 14.8. The Bertz CT molecular complexity index is 722. The van der Waals surface area contributed by atoms with Crippen LogP contribution in [-0.2, 0) is 6.54 Å². The Hall–Kier alpha value is -1.77. The van der Waals surface area contributed by atoms with Crippen molar-refractivity contribution in [2.24, 2.45) is 0 Å². The van der Waals surface area contributed by atoms with Crippen molar-refractivity contribution < 1.29 is 4.79 Å². The molecule has 1 aliphatic heterocycles. The van der Waals surface area contributed by atoms with Crippen LogP contribution in [0.25, 0.3) is 0 Å². The highest BCUT2D eigenvalue weighted by molar-refractivity contribution is 7.99. The molecule has 1 atom stereocenters. The molecule has 2 aromatic heterocycles. The van der Waals surface area contributed by atoms with Gasteiger partial charge in [-0.3, -0.25) is 4.79 Å². The van der Waals surface area contributed by atoms with Crippen LogP contribution < -0.4 is 0 Å². The third kappa shape index (κ3) is 2.45. The first-order valence-electron chi connectivity index (χ1n) is 6.71. The van der Waals surface area contributed by atoms with Gasteiger partial charge in [0.2, 0.25) is 5.78 Å². The molecule has 2 aromatic rings. The molecule has 0 saturated heterocycles. The summed E-state index contributed by atoms with van der Waals surface area (Å²) in [6.07, 6.45) is 2.62. The first-order chi connectivity index (χ1) is 10.3. The molecule has 0 fully saturated rings. The molecule has 0 aromatic carbocycles. The van der Waals surface area contributed by atoms with Gasteiger partial charge >= 0.3 is 0 Å². The van der Waals surface area contributed by atoms with E-state index < -0.39 is 0 Å². The number of hydrogen-bond donors (Lipinski definition) is 0. The molecule has 0 radical (unpaired) electrons. The van der Waals surface area contributed by atoms with Gasteiger partial charge in [-0.15, -0.1) is 29.7 Å². The van der Waals surface area contributed by atoms with Crippen molar-refractivity contribution >= 4 is 28.9 Å². The second-order valence-electron chi connectivity index (χ2n) is 4.81. The second-order valence-corrected chi connectivity index (χ2v) is 6.82. The molecule has 1 unspecified atom stereocenters. The van der Waals surface area contributed by atoms with Crippen LogP contribution in [0.1, 0.15) is 33.4 Å². The highest BCUT2D eigenvalue weighted by Crippen LogP contribution is 2.37. The van der Waals surface area contributed by atoms with Gasteiger partial charge in [-0.05, 0) is 23.9 Å². The van der Waals surface area contributed by atoms with E-state index in [2.05, 4.69) is 12.6 Å². The van der Waals surface area contributed by atoms with Gasteiger partial charge in [-0.1, -0.05) is 12.1 Å². The van der Waals surface area contributed by atoms with E-state index in [1.807, 2.05) is 34.2 Å². The fourth-order valence-corrected chi connectivity index (χ4v) is 4.13. The maximum absolute atomic E-state index is 12.8. The highest BCUT2D eigenvalue weighted by Gasteiger charge is 2.30. The third-order valence-corrected chi connectivity index (χ3v) is 5.46. The number of ketones is 1. The molecule has 1 aliphatic rings. The van der Waals surface area contributed by atoms with Crippen molar-refractivity contribution in [3.05, 3.63) is 52.5 Å². The Morgan fingerprint density at radius 2 is 2.52 bits per heavy atom. The van der Waals surface area contributed by atoms with E-state index in [0.29, 0.717) is 0 Å². The number of hydrogen-bond acceptors (Lipinski definition) is 4. The van der Waals surface area contributed by atoms with Gasteiger partial charge in [-0.25, -0.2) is 0 Å². The summed E-state index contributed by atoms with van der Waals surface area (Å²) in [6.45, 7) is 4.48. The van der Waals surface area contributed by atoms with Crippen molar-refractivity contribution in [2.75, 3.05) is 5.75 Å². The standard InChI is InChI=1S/C16H14N2OS2/c1-2-7-20-14-9-12-11(10-17)5-6-18(12)15(14)16(19)13-4-3-8-21-13/h2-4,8-9,11H,1,5-7H2.